The number of hydrogen-bond donors (Lipinski definition) is 0. The zero-order chi connectivity index (χ0) is 20.2. The summed E-state index contributed by atoms with van der Waals surface area (Å²) >= 11 is 0. The van der Waals surface area contributed by atoms with E-state index in [0.717, 1.165) is 31.9 Å². The van der Waals surface area contributed by atoms with Gasteiger partial charge in [-0.05, 0) is 43.3 Å². The van der Waals surface area contributed by atoms with Crippen LogP contribution in [0.4, 0.5) is 0 Å². The number of benzene rings is 3. The Balaban J connectivity index is 1.79. The lowest BCUT2D eigenvalue weighted by molar-refractivity contribution is 0.224. The van der Waals surface area contributed by atoms with Gasteiger partial charge >= 0.3 is 0 Å². The molecule has 0 saturated carbocycles. The number of rotatable bonds is 8. The van der Waals surface area contributed by atoms with E-state index >= 15 is 0 Å². The molecule has 29 heavy (non-hydrogen) atoms. The van der Waals surface area contributed by atoms with Crippen molar-refractivity contribution in [1.29, 1.82) is 0 Å². The average Bonchev–Trinajstić information content (AvgIpc) is 3.08. The minimum atomic E-state index is 0.706. The molecule has 0 spiro atoms. The fourth-order valence-electron chi connectivity index (χ4n) is 4.23. The van der Waals surface area contributed by atoms with Crippen LogP contribution in [0.15, 0.2) is 66.7 Å². The van der Waals surface area contributed by atoms with Gasteiger partial charge in [0.05, 0.1) is 11.0 Å². The number of para-hydroxylation sites is 1. The van der Waals surface area contributed by atoms with E-state index in [1.54, 1.807) is 0 Å². The van der Waals surface area contributed by atoms with E-state index in [2.05, 4.69) is 97.0 Å². The van der Waals surface area contributed by atoms with Crippen LogP contribution < -0.4 is 4.74 Å². The highest BCUT2D eigenvalue weighted by atomic mass is 16.5. The van der Waals surface area contributed by atoms with Crippen LogP contribution in [-0.2, 0) is 6.54 Å². The van der Waals surface area contributed by atoms with Crippen LogP contribution in [0.25, 0.3) is 21.8 Å². The zero-order valence-corrected chi connectivity index (χ0v) is 17.7. The second-order valence-corrected chi connectivity index (χ2v) is 7.57. The number of likely N-dealkylation sites (N-methyl/N-ethyl adjacent to an activating group) is 1. The smallest absolute Gasteiger partial charge is 0.129 e. The maximum Gasteiger partial charge on any atom is 0.129 e. The number of ether oxygens (including phenoxy) is 1. The number of fused-ring (bicyclic) bond motifs is 3. The number of hydrogen-bond acceptors (Lipinski definition) is 2. The molecule has 1 heterocycles. The zero-order valence-electron chi connectivity index (χ0n) is 17.7. The molecule has 3 nitrogen and oxygen atoms in total. The first kappa shape index (κ1) is 19.5. The number of aromatic nitrogens is 1. The summed E-state index contributed by atoms with van der Waals surface area (Å²) in [5.74, 6) is 0.983. The molecule has 0 radical (unpaired) electrons. The largest absolute Gasteiger partial charge is 0.492 e. The normalized spacial score (nSPS) is 11.6. The van der Waals surface area contributed by atoms with Gasteiger partial charge in [0.2, 0.25) is 0 Å². The Labute approximate surface area is 173 Å². The molecule has 150 valence electrons. The molecule has 0 aliphatic heterocycles. The highest BCUT2D eigenvalue weighted by molar-refractivity contribution is 6.12. The molecular weight excluding hydrogens is 356 g/mol. The summed E-state index contributed by atoms with van der Waals surface area (Å²) in [6.07, 6.45) is 0. The molecule has 0 atom stereocenters. The minimum absolute atomic E-state index is 0.706. The summed E-state index contributed by atoms with van der Waals surface area (Å²) < 4.78 is 8.75. The quantitative estimate of drug-likeness (QED) is 0.377. The van der Waals surface area contributed by atoms with Gasteiger partial charge in [-0.2, -0.15) is 0 Å². The summed E-state index contributed by atoms with van der Waals surface area (Å²) in [6, 6.07) is 23.7. The van der Waals surface area contributed by atoms with E-state index in [1.807, 2.05) is 0 Å². The SMILES string of the molecule is CCN(CC)CCOc1cccc2c1c1cccc(C)c1n2Cc1ccccc1. The van der Waals surface area contributed by atoms with Gasteiger partial charge in [-0.1, -0.05) is 68.4 Å². The summed E-state index contributed by atoms with van der Waals surface area (Å²) in [6.45, 7) is 11.2. The van der Waals surface area contributed by atoms with Crippen LogP contribution in [0.2, 0.25) is 0 Å². The number of aryl methyl sites for hydroxylation is 1. The third kappa shape index (κ3) is 3.88. The Bertz CT molecular complexity index is 1090. The molecule has 4 rings (SSSR count). The molecular formula is C26H30N2O. The van der Waals surface area contributed by atoms with E-state index in [9.17, 15) is 0 Å². The topological polar surface area (TPSA) is 17.4 Å². The lowest BCUT2D eigenvalue weighted by atomic mass is 10.1. The highest BCUT2D eigenvalue weighted by Gasteiger charge is 2.16. The lowest BCUT2D eigenvalue weighted by Gasteiger charge is -2.18. The van der Waals surface area contributed by atoms with Crippen molar-refractivity contribution in [2.45, 2.75) is 27.3 Å². The van der Waals surface area contributed by atoms with Crippen molar-refractivity contribution in [3.63, 3.8) is 0 Å². The molecule has 0 bridgehead atoms. The van der Waals surface area contributed by atoms with Crippen LogP contribution in [0.5, 0.6) is 5.75 Å². The summed E-state index contributed by atoms with van der Waals surface area (Å²) in [4.78, 5) is 2.39. The van der Waals surface area contributed by atoms with E-state index < -0.39 is 0 Å². The Morgan fingerprint density at radius 2 is 1.62 bits per heavy atom. The second-order valence-electron chi connectivity index (χ2n) is 7.57. The third-order valence-corrected chi connectivity index (χ3v) is 5.82. The first-order valence-corrected chi connectivity index (χ1v) is 10.6. The molecule has 0 N–H and O–H groups in total. The summed E-state index contributed by atoms with van der Waals surface area (Å²) in [5.41, 5.74) is 5.13. The standard InChI is InChI=1S/C26H30N2O/c1-4-27(5-2)17-18-29-24-16-10-15-23-25(24)22-14-9-11-20(3)26(22)28(23)19-21-12-7-6-8-13-21/h6-16H,4-5,17-19H2,1-3H3. The first-order valence-electron chi connectivity index (χ1n) is 10.6. The first-order chi connectivity index (χ1) is 14.2. The van der Waals surface area contributed by atoms with Crippen molar-refractivity contribution >= 4 is 21.8 Å². The average molecular weight is 387 g/mol. The van der Waals surface area contributed by atoms with Gasteiger partial charge in [-0.25, -0.2) is 0 Å². The van der Waals surface area contributed by atoms with Gasteiger partial charge in [0.25, 0.3) is 0 Å². The van der Waals surface area contributed by atoms with Crippen molar-refractivity contribution in [3.8, 4) is 5.75 Å². The fraction of sp³-hybridized carbons (Fsp3) is 0.308. The highest BCUT2D eigenvalue weighted by Crippen LogP contribution is 2.37. The maximum atomic E-state index is 6.31. The fourth-order valence-corrected chi connectivity index (χ4v) is 4.23. The molecule has 3 aromatic carbocycles. The molecule has 0 amide bonds. The summed E-state index contributed by atoms with van der Waals surface area (Å²) in [5, 5.41) is 2.50. The Hall–Kier alpha value is -2.78. The molecule has 4 aromatic rings. The summed E-state index contributed by atoms with van der Waals surface area (Å²) in [7, 11) is 0. The molecule has 0 aliphatic carbocycles. The van der Waals surface area contributed by atoms with Crippen LogP contribution in [-0.4, -0.2) is 35.7 Å². The maximum absolute atomic E-state index is 6.31. The lowest BCUT2D eigenvalue weighted by Crippen LogP contribution is -2.27. The molecule has 0 fully saturated rings. The molecule has 3 heteroatoms. The Kier molecular flexibility index (Phi) is 5.86. The molecule has 0 aliphatic rings. The monoisotopic (exact) mass is 386 g/mol. The van der Waals surface area contributed by atoms with Gasteiger partial charge < -0.3 is 14.2 Å². The van der Waals surface area contributed by atoms with Gasteiger partial charge in [-0.3, -0.25) is 0 Å². The van der Waals surface area contributed by atoms with Gasteiger partial charge in [0, 0.05) is 23.9 Å². The van der Waals surface area contributed by atoms with Crippen LogP contribution in [0, 0.1) is 6.92 Å². The van der Waals surface area contributed by atoms with Gasteiger partial charge in [0.15, 0.2) is 0 Å². The van der Waals surface area contributed by atoms with E-state index in [-0.39, 0.29) is 0 Å². The van der Waals surface area contributed by atoms with Gasteiger partial charge in [-0.15, -0.1) is 0 Å². The Morgan fingerprint density at radius 3 is 2.38 bits per heavy atom. The number of nitrogens with zero attached hydrogens (tertiary/aromatic N) is 2. The van der Waals surface area contributed by atoms with Crippen molar-refractivity contribution in [2.75, 3.05) is 26.2 Å². The van der Waals surface area contributed by atoms with Gasteiger partial charge in [0.1, 0.15) is 12.4 Å². The van der Waals surface area contributed by atoms with Crippen molar-refractivity contribution in [3.05, 3.63) is 77.9 Å². The van der Waals surface area contributed by atoms with Crippen molar-refractivity contribution < 1.29 is 4.74 Å². The minimum Gasteiger partial charge on any atom is -0.492 e. The second kappa shape index (κ2) is 8.71. The predicted molar refractivity (Wildman–Crippen MR) is 123 cm³/mol. The van der Waals surface area contributed by atoms with E-state index in [4.69, 9.17) is 4.74 Å². The molecule has 1 aromatic heterocycles. The van der Waals surface area contributed by atoms with E-state index in [1.165, 1.54) is 32.9 Å². The van der Waals surface area contributed by atoms with Crippen molar-refractivity contribution in [1.82, 2.24) is 9.47 Å². The third-order valence-electron chi connectivity index (χ3n) is 5.82. The van der Waals surface area contributed by atoms with Crippen LogP contribution in [0.1, 0.15) is 25.0 Å². The van der Waals surface area contributed by atoms with E-state index in [0.29, 0.717) is 6.61 Å². The van der Waals surface area contributed by atoms with Crippen molar-refractivity contribution in [2.24, 2.45) is 0 Å². The van der Waals surface area contributed by atoms with Crippen LogP contribution in [0.3, 0.4) is 0 Å². The molecule has 0 saturated heterocycles. The Morgan fingerprint density at radius 1 is 0.862 bits per heavy atom. The molecule has 0 unspecified atom stereocenters. The van der Waals surface area contributed by atoms with Crippen LogP contribution >= 0.6 is 0 Å². The predicted octanol–water partition coefficient (Wildman–Crippen LogP) is 5.87.